The van der Waals surface area contributed by atoms with Crippen LogP contribution in [0.3, 0.4) is 0 Å². The lowest BCUT2D eigenvalue weighted by molar-refractivity contribution is -0.144. The molecule has 0 N–H and O–H groups in total. The first-order valence-electron chi connectivity index (χ1n) is 7.18. The van der Waals surface area contributed by atoms with E-state index in [1.165, 1.54) is 32.8 Å². The molecule has 5 heteroatoms. The summed E-state index contributed by atoms with van der Waals surface area (Å²) in [6.45, 7) is 0. The van der Waals surface area contributed by atoms with E-state index in [9.17, 15) is 4.79 Å². The van der Waals surface area contributed by atoms with Gasteiger partial charge in [0.15, 0.2) is 5.82 Å². The standard InChI is InChI=1S/C14H20N2O3/c1-18-14(17)12(10-4-2-3-5-10)13-15-11(16-19-13)8-9-6-7-9/h9-10,12H,2-8H2,1H3. The molecule has 0 spiro atoms. The highest BCUT2D eigenvalue weighted by atomic mass is 16.5. The first kappa shape index (κ1) is 12.6. The highest BCUT2D eigenvalue weighted by molar-refractivity contribution is 5.77. The number of methoxy groups -OCH3 is 1. The van der Waals surface area contributed by atoms with Crippen molar-refractivity contribution >= 4 is 5.97 Å². The Morgan fingerprint density at radius 1 is 1.37 bits per heavy atom. The van der Waals surface area contributed by atoms with Gasteiger partial charge in [-0.3, -0.25) is 4.79 Å². The topological polar surface area (TPSA) is 65.2 Å². The van der Waals surface area contributed by atoms with Crippen LogP contribution in [0, 0.1) is 11.8 Å². The van der Waals surface area contributed by atoms with Crippen LogP contribution >= 0.6 is 0 Å². The van der Waals surface area contributed by atoms with Gasteiger partial charge < -0.3 is 9.26 Å². The van der Waals surface area contributed by atoms with Crippen LogP contribution in [-0.4, -0.2) is 23.2 Å². The summed E-state index contributed by atoms with van der Waals surface area (Å²) in [5, 5.41) is 4.01. The monoisotopic (exact) mass is 264 g/mol. The molecule has 0 aromatic carbocycles. The Bertz CT molecular complexity index is 447. The molecule has 1 aromatic heterocycles. The second-order valence-corrected chi connectivity index (χ2v) is 5.74. The summed E-state index contributed by atoms with van der Waals surface area (Å²) in [6.07, 6.45) is 7.81. The lowest BCUT2D eigenvalue weighted by Gasteiger charge is -2.16. The molecule has 104 valence electrons. The molecule has 19 heavy (non-hydrogen) atoms. The van der Waals surface area contributed by atoms with E-state index in [4.69, 9.17) is 9.26 Å². The Morgan fingerprint density at radius 2 is 2.11 bits per heavy atom. The number of esters is 1. The fourth-order valence-electron chi connectivity index (χ4n) is 2.97. The van der Waals surface area contributed by atoms with Crippen molar-refractivity contribution in [2.75, 3.05) is 7.11 Å². The van der Waals surface area contributed by atoms with Gasteiger partial charge in [-0.2, -0.15) is 4.98 Å². The lowest BCUT2D eigenvalue weighted by Crippen LogP contribution is -2.22. The lowest BCUT2D eigenvalue weighted by atomic mass is 9.91. The minimum atomic E-state index is -0.368. The number of hydrogen-bond donors (Lipinski definition) is 0. The van der Waals surface area contributed by atoms with E-state index < -0.39 is 0 Å². The summed E-state index contributed by atoms with van der Waals surface area (Å²) in [5.74, 6) is 1.59. The zero-order chi connectivity index (χ0) is 13.2. The molecule has 1 unspecified atom stereocenters. The predicted octanol–water partition coefficient (Wildman–Crippen LogP) is 2.47. The van der Waals surface area contributed by atoms with E-state index >= 15 is 0 Å². The van der Waals surface area contributed by atoms with Crippen molar-refractivity contribution in [3.8, 4) is 0 Å². The Kier molecular flexibility index (Phi) is 3.53. The average Bonchev–Trinajstić information content (AvgIpc) is 2.91. The summed E-state index contributed by atoms with van der Waals surface area (Å²) < 4.78 is 10.2. The van der Waals surface area contributed by atoms with Crippen LogP contribution in [-0.2, 0) is 16.0 Å². The molecule has 0 saturated heterocycles. The van der Waals surface area contributed by atoms with Crippen molar-refractivity contribution in [1.29, 1.82) is 0 Å². The van der Waals surface area contributed by atoms with Crippen molar-refractivity contribution in [1.82, 2.24) is 10.1 Å². The molecule has 0 radical (unpaired) electrons. The molecule has 1 atom stereocenters. The molecule has 1 heterocycles. The first-order chi connectivity index (χ1) is 9.28. The predicted molar refractivity (Wildman–Crippen MR) is 67.4 cm³/mol. The maximum Gasteiger partial charge on any atom is 0.318 e. The third-order valence-corrected chi connectivity index (χ3v) is 4.24. The minimum absolute atomic E-state index is 0.242. The largest absolute Gasteiger partial charge is 0.468 e. The Morgan fingerprint density at radius 3 is 2.74 bits per heavy atom. The van der Waals surface area contributed by atoms with E-state index in [1.54, 1.807) is 0 Å². The second-order valence-electron chi connectivity index (χ2n) is 5.74. The van der Waals surface area contributed by atoms with E-state index in [1.807, 2.05) is 0 Å². The van der Waals surface area contributed by atoms with Gasteiger partial charge in [-0.1, -0.05) is 18.0 Å². The van der Waals surface area contributed by atoms with Gasteiger partial charge in [0, 0.05) is 6.42 Å². The summed E-state index contributed by atoms with van der Waals surface area (Å²) in [7, 11) is 1.42. The van der Waals surface area contributed by atoms with Gasteiger partial charge in [-0.15, -0.1) is 0 Å². The van der Waals surface area contributed by atoms with Crippen LogP contribution in [0.15, 0.2) is 4.52 Å². The van der Waals surface area contributed by atoms with Crippen molar-refractivity contribution in [3.63, 3.8) is 0 Å². The first-order valence-corrected chi connectivity index (χ1v) is 7.18. The highest BCUT2D eigenvalue weighted by Crippen LogP contribution is 2.38. The summed E-state index contributed by atoms with van der Waals surface area (Å²) in [5.41, 5.74) is 0. The molecule has 0 amide bonds. The number of carbonyl (C=O) groups excluding carboxylic acids is 1. The fourth-order valence-corrected chi connectivity index (χ4v) is 2.97. The molecule has 3 rings (SSSR count). The molecular weight excluding hydrogens is 244 g/mol. The maximum absolute atomic E-state index is 12.0. The highest BCUT2D eigenvalue weighted by Gasteiger charge is 2.37. The summed E-state index contributed by atoms with van der Waals surface area (Å²) in [6, 6.07) is 0. The molecule has 2 aliphatic carbocycles. The van der Waals surface area contributed by atoms with Gasteiger partial charge in [0.2, 0.25) is 5.89 Å². The van der Waals surface area contributed by atoms with Crippen LogP contribution in [0.1, 0.15) is 56.2 Å². The molecular formula is C14H20N2O3. The molecule has 0 bridgehead atoms. The summed E-state index contributed by atoms with van der Waals surface area (Å²) >= 11 is 0. The fraction of sp³-hybridized carbons (Fsp3) is 0.786. The van der Waals surface area contributed by atoms with Crippen LogP contribution in [0.25, 0.3) is 0 Å². The van der Waals surface area contributed by atoms with E-state index in [0.717, 1.165) is 25.1 Å². The number of aromatic nitrogens is 2. The molecule has 0 aliphatic heterocycles. The normalized spacial score (nSPS) is 21.5. The molecule has 2 fully saturated rings. The number of hydrogen-bond acceptors (Lipinski definition) is 5. The van der Waals surface area contributed by atoms with Gasteiger partial charge in [0.1, 0.15) is 5.92 Å². The summed E-state index contributed by atoms with van der Waals surface area (Å²) in [4.78, 5) is 16.4. The molecule has 5 nitrogen and oxygen atoms in total. The molecule has 1 aromatic rings. The van der Waals surface area contributed by atoms with Crippen LogP contribution < -0.4 is 0 Å². The Hall–Kier alpha value is -1.39. The quantitative estimate of drug-likeness (QED) is 0.764. The van der Waals surface area contributed by atoms with Gasteiger partial charge in [0.05, 0.1) is 7.11 Å². The SMILES string of the molecule is COC(=O)C(c1nc(CC2CC2)no1)C1CCCC1. The van der Waals surface area contributed by atoms with Crippen molar-refractivity contribution < 1.29 is 14.1 Å². The van der Waals surface area contributed by atoms with Crippen LogP contribution in [0.5, 0.6) is 0 Å². The average molecular weight is 264 g/mol. The van der Waals surface area contributed by atoms with E-state index in [2.05, 4.69) is 10.1 Å². The molecule has 2 saturated carbocycles. The van der Waals surface area contributed by atoms with Gasteiger partial charge in [-0.05, 0) is 37.5 Å². The third kappa shape index (κ3) is 2.80. The number of ether oxygens (including phenoxy) is 1. The van der Waals surface area contributed by atoms with Crippen molar-refractivity contribution in [2.45, 2.75) is 50.9 Å². The van der Waals surface area contributed by atoms with E-state index in [0.29, 0.717) is 17.7 Å². The molecule has 2 aliphatic rings. The maximum atomic E-state index is 12.0. The number of rotatable bonds is 5. The second kappa shape index (κ2) is 5.31. The van der Waals surface area contributed by atoms with Gasteiger partial charge in [0.25, 0.3) is 0 Å². The van der Waals surface area contributed by atoms with Crippen LogP contribution in [0.4, 0.5) is 0 Å². The zero-order valence-electron chi connectivity index (χ0n) is 11.3. The van der Waals surface area contributed by atoms with Crippen molar-refractivity contribution in [2.24, 2.45) is 11.8 Å². The Labute approximate surface area is 112 Å². The van der Waals surface area contributed by atoms with Crippen LogP contribution in [0.2, 0.25) is 0 Å². The number of nitrogens with zero attached hydrogens (tertiary/aromatic N) is 2. The van der Waals surface area contributed by atoms with E-state index in [-0.39, 0.29) is 11.9 Å². The third-order valence-electron chi connectivity index (χ3n) is 4.24. The van der Waals surface area contributed by atoms with Gasteiger partial charge in [-0.25, -0.2) is 0 Å². The minimum Gasteiger partial charge on any atom is -0.468 e. The van der Waals surface area contributed by atoms with Gasteiger partial charge >= 0.3 is 5.97 Å². The van der Waals surface area contributed by atoms with Crippen molar-refractivity contribution in [3.05, 3.63) is 11.7 Å². The smallest absolute Gasteiger partial charge is 0.318 e. The Balaban J connectivity index is 1.77. The number of carbonyl (C=O) groups is 1. The zero-order valence-corrected chi connectivity index (χ0v) is 11.3.